The molecule has 0 radical (unpaired) electrons. The maximum Gasteiger partial charge on any atom is 0.322 e. The summed E-state index contributed by atoms with van der Waals surface area (Å²) in [6, 6.07) is 0.178. The van der Waals surface area contributed by atoms with E-state index >= 15 is 0 Å². The van der Waals surface area contributed by atoms with Crippen molar-refractivity contribution in [2.75, 3.05) is 13.7 Å². The molecule has 1 aliphatic rings. The van der Waals surface area contributed by atoms with Gasteiger partial charge in [0.15, 0.2) is 0 Å². The van der Waals surface area contributed by atoms with E-state index in [0.717, 1.165) is 25.9 Å². The van der Waals surface area contributed by atoms with Crippen molar-refractivity contribution in [3.8, 4) is 0 Å². The average Bonchev–Trinajstić information content (AvgIpc) is 2.26. The van der Waals surface area contributed by atoms with Crippen LogP contribution in [0.1, 0.15) is 40.0 Å². The zero-order chi connectivity index (χ0) is 12.8. The van der Waals surface area contributed by atoms with Gasteiger partial charge in [0.05, 0.1) is 13.2 Å². The molecular formula is C13H25NO3. The first-order valence-corrected chi connectivity index (χ1v) is 6.48. The molecule has 0 aliphatic carbocycles. The molecule has 0 aromatic carbocycles. The normalized spacial score (nSPS) is 26.9. The van der Waals surface area contributed by atoms with E-state index in [1.165, 1.54) is 7.11 Å². The van der Waals surface area contributed by atoms with Gasteiger partial charge in [0.25, 0.3) is 0 Å². The highest BCUT2D eigenvalue weighted by molar-refractivity contribution is 5.75. The van der Waals surface area contributed by atoms with Crippen LogP contribution in [0.5, 0.6) is 0 Å². The first-order valence-electron chi connectivity index (χ1n) is 6.48. The van der Waals surface area contributed by atoms with E-state index in [1.807, 2.05) is 0 Å². The fraction of sp³-hybridized carbons (Fsp3) is 0.923. The van der Waals surface area contributed by atoms with Crippen molar-refractivity contribution in [2.45, 2.75) is 58.2 Å². The molecule has 0 saturated carbocycles. The van der Waals surface area contributed by atoms with Gasteiger partial charge in [-0.3, -0.25) is 4.79 Å². The van der Waals surface area contributed by atoms with Crippen molar-refractivity contribution in [3.05, 3.63) is 0 Å². The fourth-order valence-corrected chi connectivity index (χ4v) is 2.28. The van der Waals surface area contributed by atoms with Gasteiger partial charge in [-0.25, -0.2) is 0 Å². The molecular weight excluding hydrogens is 218 g/mol. The second-order valence-electron chi connectivity index (χ2n) is 5.27. The van der Waals surface area contributed by atoms with E-state index in [0.29, 0.717) is 12.0 Å². The molecule has 3 unspecified atom stereocenters. The number of ether oxygens (including phenoxy) is 2. The van der Waals surface area contributed by atoms with Crippen LogP contribution in [0.4, 0.5) is 0 Å². The summed E-state index contributed by atoms with van der Waals surface area (Å²) < 4.78 is 10.4. The topological polar surface area (TPSA) is 47.6 Å². The lowest BCUT2D eigenvalue weighted by Gasteiger charge is -2.31. The van der Waals surface area contributed by atoms with Gasteiger partial charge in [0.1, 0.15) is 6.04 Å². The smallest absolute Gasteiger partial charge is 0.322 e. The summed E-state index contributed by atoms with van der Waals surface area (Å²) in [5.74, 6) is 0.321. The molecule has 0 spiro atoms. The Bertz CT molecular complexity index is 243. The Kier molecular flexibility index (Phi) is 5.92. The monoisotopic (exact) mass is 243 g/mol. The number of hydrogen-bond acceptors (Lipinski definition) is 4. The van der Waals surface area contributed by atoms with Crippen LogP contribution in [0.2, 0.25) is 0 Å². The lowest BCUT2D eigenvalue weighted by atomic mass is 9.99. The van der Waals surface area contributed by atoms with Crippen LogP contribution >= 0.6 is 0 Å². The molecule has 3 atom stereocenters. The Morgan fingerprint density at radius 3 is 2.76 bits per heavy atom. The van der Waals surface area contributed by atoms with Crippen molar-refractivity contribution >= 4 is 5.97 Å². The Labute approximate surface area is 104 Å². The highest BCUT2D eigenvalue weighted by Crippen LogP contribution is 2.16. The number of methoxy groups -OCH3 is 1. The molecule has 0 bridgehead atoms. The molecule has 1 saturated heterocycles. The molecule has 0 aromatic heterocycles. The standard InChI is InChI=1S/C13H25NO3/c1-9(2)7-12(13(15)16-4)14-11-5-6-17-10(3)8-11/h9-12,14H,5-8H2,1-4H3. The predicted molar refractivity (Wildman–Crippen MR) is 66.8 cm³/mol. The molecule has 4 heteroatoms. The van der Waals surface area contributed by atoms with E-state index < -0.39 is 0 Å². The summed E-state index contributed by atoms with van der Waals surface area (Å²) >= 11 is 0. The van der Waals surface area contributed by atoms with Gasteiger partial charge in [-0.05, 0) is 32.1 Å². The van der Waals surface area contributed by atoms with Crippen LogP contribution in [-0.4, -0.2) is 37.9 Å². The molecule has 1 aliphatic heterocycles. The number of esters is 1. The molecule has 1 rings (SSSR count). The van der Waals surface area contributed by atoms with Gasteiger partial charge < -0.3 is 14.8 Å². The Balaban J connectivity index is 2.49. The molecule has 100 valence electrons. The number of nitrogens with one attached hydrogen (secondary N) is 1. The highest BCUT2D eigenvalue weighted by Gasteiger charge is 2.26. The van der Waals surface area contributed by atoms with Crippen molar-refractivity contribution < 1.29 is 14.3 Å². The molecule has 1 N–H and O–H groups in total. The lowest BCUT2D eigenvalue weighted by molar-refractivity contribution is -0.144. The summed E-state index contributed by atoms with van der Waals surface area (Å²) in [6.07, 6.45) is 3.03. The second kappa shape index (κ2) is 6.97. The van der Waals surface area contributed by atoms with Crippen molar-refractivity contribution in [1.29, 1.82) is 0 Å². The third-order valence-corrected chi connectivity index (χ3v) is 3.11. The summed E-state index contributed by atoms with van der Waals surface area (Å²) in [7, 11) is 1.45. The minimum Gasteiger partial charge on any atom is -0.468 e. The van der Waals surface area contributed by atoms with E-state index in [2.05, 4.69) is 26.1 Å². The van der Waals surface area contributed by atoms with Crippen LogP contribution in [0, 0.1) is 5.92 Å². The van der Waals surface area contributed by atoms with Crippen LogP contribution in [0.3, 0.4) is 0 Å². The van der Waals surface area contributed by atoms with Crippen LogP contribution < -0.4 is 5.32 Å². The number of hydrogen-bond donors (Lipinski definition) is 1. The van der Waals surface area contributed by atoms with E-state index in [-0.39, 0.29) is 18.1 Å². The van der Waals surface area contributed by atoms with Gasteiger partial charge in [-0.15, -0.1) is 0 Å². The quantitative estimate of drug-likeness (QED) is 0.747. The van der Waals surface area contributed by atoms with Crippen molar-refractivity contribution in [1.82, 2.24) is 5.32 Å². The van der Waals surface area contributed by atoms with Crippen LogP contribution in [0.15, 0.2) is 0 Å². The zero-order valence-electron chi connectivity index (χ0n) is 11.4. The van der Waals surface area contributed by atoms with Gasteiger partial charge >= 0.3 is 5.97 Å². The Hall–Kier alpha value is -0.610. The predicted octanol–water partition coefficient (Wildman–Crippen LogP) is 1.73. The summed E-state index contributed by atoms with van der Waals surface area (Å²) in [5.41, 5.74) is 0. The molecule has 1 fully saturated rings. The molecule has 0 aromatic rings. The highest BCUT2D eigenvalue weighted by atomic mass is 16.5. The number of rotatable bonds is 5. The maximum absolute atomic E-state index is 11.7. The number of carbonyl (C=O) groups excluding carboxylic acids is 1. The van der Waals surface area contributed by atoms with Gasteiger partial charge in [-0.2, -0.15) is 0 Å². The zero-order valence-corrected chi connectivity index (χ0v) is 11.4. The minimum atomic E-state index is -0.185. The van der Waals surface area contributed by atoms with Crippen LogP contribution in [-0.2, 0) is 14.3 Å². The molecule has 17 heavy (non-hydrogen) atoms. The first-order chi connectivity index (χ1) is 8.02. The average molecular weight is 243 g/mol. The van der Waals surface area contributed by atoms with Gasteiger partial charge in [0, 0.05) is 12.6 Å². The van der Waals surface area contributed by atoms with Crippen molar-refractivity contribution in [3.63, 3.8) is 0 Å². The molecule has 0 amide bonds. The minimum absolute atomic E-state index is 0.155. The van der Waals surface area contributed by atoms with Gasteiger partial charge in [0.2, 0.25) is 0 Å². The Morgan fingerprint density at radius 2 is 2.24 bits per heavy atom. The third-order valence-electron chi connectivity index (χ3n) is 3.11. The fourth-order valence-electron chi connectivity index (χ4n) is 2.28. The molecule has 4 nitrogen and oxygen atoms in total. The Morgan fingerprint density at radius 1 is 1.53 bits per heavy atom. The SMILES string of the molecule is COC(=O)C(CC(C)C)NC1CCOC(C)C1. The second-order valence-corrected chi connectivity index (χ2v) is 5.27. The van der Waals surface area contributed by atoms with E-state index in [9.17, 15) is 4.79 Å². The molecule has 1 heterocycles. The first kappa shape index (κ1) is 14.5. The van der Waals surface area contributed by atoms with E-state index in [1.54, 1.807) is 0 Å². The summed E-state index contributed by atoms with van der Waals surface area (Å²) in [6.45, 7) is 7.08. The van der Waals surface area contributed by atoms with Gasteiger partial charge in [-0.1, -0.05) is 13.8 Å². The summed E-state index contributed by atoms with van der Waals surface area (Å²) in [4.78, 5) is 11.7. The lowest BCUT2D eigenvalue weighted by Crippen LogP contribution is -2.47. The third kappa shape index (κ3) is 5.04. The number of carbonyl (C=O) groups is 1. The van der Waals surface area contributed by atoms with E-state index in [4.69, 9.17) is 9.47 Å². The van der Waals surface area contributed by atoms with Crippen molar-refractivity contribution in [2.24, 2.45) is 5.92 Å². The summed E-state index contributed by atoms with van der Waals surface area (Å²) in [5, 5.41) is 3.41. The largest absolute Gasteiger partial charge is 0.468 e. The maximum atomic E-state index is 11.7. The van der Waals surface area contributed by atoms with Crippen LogP contribution in [0.25, 0.3) is 0 Å².